The van der Waals surface area contributed by atoms with Gasteiger partial charge in [0.15, 0.2) is 0 Å². The quantitative estimate of drug-likeness (QED) is 0.846. The predicted molar refractivity (Wildman–Crippen MR) is 75.3 cm³/mol. The maximum atomic E-state index is 12.6. The molecule has 1 N–H and O–H groups in total. The average Bonchev–Trinajstić information content (AvgIpc) is 2.70. The number of hydrogen-bond acceptors (Lipinski definition) is 3. The molecule has 1 fully saturated rings. The first-order valence-corrected chi connectivity index (χ1v) is 6.65. The van der Waals surface area contributed by atoms with Crippen molar-refractivity contribution in [3.8, 4) is 0 Å². The zero-order valence-electron chi connectivity index (χ0n) is 11.0. The molecule has 2 heterocycles. The number of carbonyl (C=O) groups excluding carboxylic acids is 2. The van der Waals surface area contributed by atoms with Crippen molar-refractivity contribution in [1.82, 2.24) is 15.2 Å². The number of nitrogens with one attached hydrogen (secondary N) is 1. The van der Waals surface area contributed by atoms with E-state index in [1.807, 2.05) is 24.3 Å². The normalized spacial score (nSPS) is 15.8. The van der Waals surface area contributed by atoms with Crippen LogP contribution in [0.15, 0.2) is 36.5 Å². The predicted octanol–water partition coefficient (Wildman–Crippen LogP) is 1.20. The number of nitrogens with zero attached hydrogens (tertiary/aromatic N) is 2. The molecule has 0 bridgehead atoms. The minimum absolute atomic E-state index is 0.103. The lowest BCUT2D eigenvalue weighted by Gasteiger charge is -2.19. The van der Waals surface area contributed by atoms with Gasteiger partial charge in [0, 0.05) is 30.2 Å². The Balaban J connectivity index is 1.97. The second-order valence-corrected chi connectivity index (χ2v) is 4.81. The SMILES string of the molecule is O=C1CN(C(=O)c2cccc3ncccc23)CCCN1. The van der Waals surface area contributed by atoms with Gasteiger partial charge in [-0.15, -0.1) is 0 Å². The third-order valence-corrected chi connectivity index (χ3v) is 3.42. The van der Waals surface area contributed by atoms with Crippen LogP contribution in [-0.4, -0.2) is 41.3 Å². The number of fused-ring (bicyclic) bond motifs is 1. The molecule has 1 aromatic carbocycles. The van der Waals surface area contributed by atoms with Gasteiger partial charge >= 0.3 is 0 Å². The average molecular weight is 269 g/mol. The summed E-state index contributed by atoms with van der Waals surface area (Å²) < 4.78 is 0. The first-order chi connectivity index (χ1) is 9.75. The van der Waals surface area contributed by atoms with Gasteiger partial charge in [-0.3, -0.25) is 14.6 Å². The van der Waals surface area contributed by atoms with Crippen molar-refractivity contribution >= 4 is 22.7 Å². The highest BCUT2D eigenvalue weighted by Crippen LogP contribution is 2.18. The number of amides is 2. The van der Waals surface area contributed by atoms with Gasteiger partial charge in [0.05, 0.1) is 12.1 Å². The van der Waals surface area contributed by atoms with Crippen molar-refractivity contribution < 1.29 is 9.59 Å². The molecule has 0 atom stereocenters. The van der Waals surface area contributed by atoms with E-state index in [9.17, 15) is 9.59 Å². The van der Waals surface area contributed by atoms with E-state index in [4.69, 9.17) is 0 Å². The highest BCUT2D eigenvalue weighted by Gasteiger charge is 2.22. The summed E-state index contributed by atoms with van der Waals surface area (Å²) in [7, 11) is 0. The maximum Gasteiger partial charge on any atom is 0.255 e. The molecule has 1 saturated heterocycles. The lowest BCUT2D eigenvalue weighted by atomic mass is 10.1. The summed E-state index contributed by atoms with van der Waals surface area (Å²) in [5.74, 6) is -0.213. The Labute approximate surface area is 116 Å². The van der Waals surface area contributed by atoms with E-state index in [0.717, 1.165) is 17.3 Å². The number of carbonyl (C=O) groups is 2. The van der Waals surface area contributed by atoms with Gasteiger partial charge in [-0.05, 0) is 24.6 Å². The second-order valence-electron chi connectivity index (χ2n) is 4.81. The van der Waals surface area contributed by atoms with E-state index in [1.54, 1.807) is 17.2 Å². The summed E-state index contributed by atoms with van der Waals surface area (Å²) in [6.07, 6.45) is 2.48. The van der Waals surface area contributed by atoms with E-state index in [1.165, 1.54) is 0 Å². The fourth-order valence-corrected chi connectivity index (χ4v) is 2.44. The molecule has 1 aliphatic rings. The number of benzene rings is 1. The monoisotopic (exact) mass is 269 g/mol. The number of hydrogen-bond donors (Lipinski definition) is 1. The summed E-state index contributed by atoms with van der Waals surface area (Å²) in [6, 6.07) is 9.18. The van der Waals surface area contributed by atoms with Crippen LogP contribution >= 0.6 is 0 Å². The topological polar surface area (TPSA) is 62.3 Å². The summed E-state index contributed by atoms with van der Waals surface area (Å²) in [5, 5.41) is 3.60. The minimum atomic E-state index is -0.111. The first kappa shape index (κ1) is 12.6. The van der Waals surface area contributed by atoms with Crippen LogP contribution in [0.1, 0.15) is 16.8 Å². The Bertz CT molecular complexity index is 664. The van der Waals surface area contributed by atoms with Crippen molar-refractivity contribution in [2.24, 2.45) is 0 Å². The fraction of sp³-hybridized carbons (Fsp3) is 0.267. The van der Waals surface area contributed by atoms with Gasteiger partial charge in [-0.1, -0.05) is 12.1 Å². The van der Waals surface area contributed by atoms with Gasteiger partial charge in [-0.25, -0.2) is 0 Å². The van der Waals surface area contributed by atoms with Crippen LogP contribution in [-0.2, 0) is 4.79 Å². The van der Waals surface area contributed by atoms with Gasteiger partial charge < -0.3 is 10.2 Å². The molecule has 5 heteroatoms. The van der Waals surface area contributed by atoms with Gasteiger partial charge in [0.2, 0.25) is 5.91 Å². The smallest absolute Gasteiger partial charge is 0.255 e. The van der Waals surface area contributed by atoms with E-state index < -0.39 is 0 Å². The fourth-order valence-electron chi connectivity index (χ4n) is 2.44. The van der Waals surface area contributed by atoms with E-state index in [2.05, 4.69) is 10.3 Å². The van der Waals surface area contributed by atoms with Crippen LogP contribution < -0.4 is 5.32 Å². The van der Waals surface area contributed by atoms with Gasteiger partial charge in [0.1, 0.15) is 0 Å². The summed E-state index contributed by atoms with van der Waals surface area (Å²) in [5.41, 5.74) is 1.39. The Kier molecular flexibility index (Phi) is 3.33. The number of aromatic nitrogens is 1. The molecule has 20 heavy (non-hydrogen) atoms. The first-order valence-electron chi connectivity index (χ1n) is 6.65. The Morgan fingerprint density at radius 2 is 2.15 bits per heavy atom. The molecule has 2 aromatic rings. The molecule has 0 saturated carbocycles. The van der Waals surface area contributed by atoms with Crippen molar-refractivity contribution in [2.45, 2.75) is 6.42 Å². The van der Waals surface area contributed by atoms with Crippen LogP contribution in [0, 0.1) is 0 Å². The molecule has 5 nitrogen and oxygen atoms in total. The molecule has 3 rings (SSSR count). The largest absolute Gasteiger partial charge is 0.354 e. The molecule has 0 radical (unpaired) electrons. The molecule has 0 unspecified atom stereocenters. The number of rotatable bonds is 1. The van der Waals surface area contributed by atoms with Crippen molar-refractivity contribution in [3.63, 3.8) is 0 Å². The molecular formula is C15H15N3O2. The summed E-state index contributed by atoms with van der Waals surface area (Å²) >= 11 is 0. The Morgan fingerprint density at radius 1 is 1.25 bits per heavy atom. The maximum absolute atomic E-state index is 12.6. The van der Waals surface area contributed by atoms with Crippen LogP contribution in [0.4, 0.5) is 0 Å². The third-order valence-electron chi connectivity index (χ3n) is 3.42. The Hall–Kier alpha value is -2.43. The van der Waals surface area contributed by atoms with Crippen LogP contribution in [0.2, 0.25) is 0 Å². The lowest BCUT2D eigenvalue weighted by molar-refractivity contribution is -0.121. The highest BCUT2D eigenvalue weighted by molar-refractivity contribution is 6.07. The van der Waals surface area contributed by atoms with E-state index >= 15 is 0 Å². The highest BCUT2D eigenvalue weighted by atomic mass is 16.2. The minimum Gasteiger partial charge on any atom is -0.354 e. The third kappa shape index (κ3) is 2.34. The molecule has 0 aliphatic carbocycles. The van der Waals surface area contributed by atoms with Crippen molar-refractivity contribution in [2.75, 3.05) is 19.6 Å². The molecular weight excluding hydrogens is 254 g/mol. The van der Waals surface area contributed by atoms with E-state index in [0.29, 0.717) is 18.7 Å². The van der Waals surface area contributed by atoms with Crippen LogP contribution in [0.3, 0.4) is 0 Å². The van der Waals surface area contributed by atoms with Gasteiger partial charge in [0.25, 0.3) is 5.91 Å². The molecule has 2 amide bonds. The standard InChI is InChI=1S/C15H15N3O2/c19-14-10-18(9-3-8-17-14)15(20)12-4-1-6-13-11(12)5-2-7-16-13/h1-2,4-7H,3,8-10H2,(H,17,19). The van der Waals surface area contributed by atoms with Gasteiger partial charge in [-0.2, -0.15) is 0 Å². The molecule has 0 spiro atoms. The summed E-state index contributed by atoms with van der Waals surface area (Å²) in [4.78, 5) is 30.1. The molecule has 102 valence electrons. The van der Waals surface area contributed by atoms with Crippen molar-refractivity contribution in [3.05, 3.63) is 42.1 Å². The zero-order valence-corrected chi connectivity index (χ0v) is 11.0. The Morgan fingerprint density at radius 3 is 3.05 bits per heavy atom. The molecule has 1 aromatic heterocycles. The van der Waals surface area contributed by atoms with Crippen molar-refractivity contribution in [1.29, 1.82) is 0 Å². The number of pyridine rings is 1. The molecule has 1 aliphatic heterocycles. The lowest BCUT2D eigenvalue weighted by Crippen LogP contribution is -2.37. The summed E-state index contributed by atoms with van der Waals surface area (Å²) in [6.45, 7) is 1.34. The van der Waals surface area contributed by atoms with Crippen LogP contribution in [0.25, 0.3) is 10.9 Å². The zero-order chi connectivity index (χ0) is 13.9. The van der Waals surface area contributed by atoms with Crippen LogP contribution in [0.5, 0.6) is 0 Å². The van der Waals surface area contributed by atoms with E-state index in [-0.39, 0.29) is 18.4 Å². The second kappa shape index (κ2) is 5.28.